The third-order valence-electron chi connectivity index (χ3n) is 2.96. The molecule has 0 saturated carbocycles. The standard InChI is InChI=1S/C10H16FNO3/c1-10(6-14-7-10)9(13)12-2-3-15-8(4-11)5-12/h8H,2-7H2,1H3. The summed E-state index contributed by atoms with van der Waals surface area (Å²) < 4.78 is 22.6. The van der Waals surface area contributed by atoms with E-state index < -0.39 is 18.2 Å². The first-order valence-corrected chi connectivity index (χ1v) is 5.20. The molecule has 86 valence electrons. The predicted molar refractivity (Wildman–Crippen MR) is 51.2 cm³/mol. The van der Waals surface area contributed by atoms with Gasteiger partial charge in [0.15, 0.2) is 0 Å². The van der Waals surface area contributed by atoms with Crippen LogP contribution in [0, 0.1) is 5.41 Å². The molecule has 15 heavy (non-hydrogen) atoms. The second-order valence-electron chi connectivity index (χ2n) is 4.45. The van der Waals surface area contributed by atoms with Gasteiger partial charge in [0.1, 0.15) is 12.8 Å². The Morgan fingerprint density at radius 2 is 2.33 bits per heavy atom. The summed E-state index contributed by atoms with van der Waals surface area (Å²) in [6.07, 6.45) is -0.452. The molecule has 4 nitrogen and oxygen atoms in total. The van der Waals surface area contributed by atoms with Crippen molar-refractivity contribution in [1.82, 2.24) is 4.90 Å². The molecule has 0 aromatic carbocycles. The zero-order chi connectivity index (χ0) is 10.9. The van der Waals surface area contributed by atoms with E-state index in [0.29, 0.717) is 32.9 Å². The number of alkyl halides is 1. The van der Waals surface area contributed by atoms with Gasteiger partial charge in [-0.3, -0.25) is 4.79 Å². The van der Waals surface area contributed by atoms with E-state index in [1.54, 1.807) is 4.90 Å². The van der Waals surface area contributed by atoms with Crippen LogP contribution in [-0.4, -0.2) is 56.5 Å². The molecule has 0 aromatic heterocycles. The van der Waals surface area contributed by atoms with E-state index >= 15 is 0 Å². The number of nitrogens with zero attached hydrogens (tertiary/aromatic N) is 1. The van der Waals surface area contributed by atoms with Crippen molar-refractivity contribution in [3.05, 3.63) is 0 Å². The maximum absolute atomic E-state index is 12.4. The van der Waals surface area contributed by atoms with Crippen LogP contribution >= 0.6 is 0 Å². The lowest BCUT2D eigenvalue weighted by molar-refractivity contribution is -0.175. The number of carbonyl (C=O) groups excluding carboxylic acids is 1. The van der Waals surface area contributed by atoms with Gasteiger partial charge in [0, 0.05) is 13.1 Å². The highest BCUT2D eigenvalue weighted by Gasteiger charge is 2.44. The Balaban J connectivity index is 1.95. The maximum atomic E-state index is 12.4. The molecule has 2 aliphatic heterocycles. The van der Waals surface area contributed by atoms with Gasteiger partial charge in [0.2, 0.25) is 5.91 Å². The van der Waals surface area contributed by atoms with Crippen molar-refractivity contribution in [1.29, 1.82) is 0 Å². The number of amides is 1. The van der Waals surface area contributed by atoms with E-state index in [0.717, 1.165) is 0 Å². The van der Waals surface area contributed by atoms with E-state index in [2.05, 4.69) is 0 Å². The zero-order valence-electron chi connectivity index (χ0n) is 8.87. The molecule has 2 heterocycles. The van der Waals surface area contributed by atoms with Crippen molar-refractivity contribution in [3.63, 3.8) is 0 Å². The fourth-order valence-electron chi connectivity index (χ4n) is 1.91. The van der Waals surface area contributed by atoms with Crippen molar-refractivity contribution < 1.29 is 18.7 Å². The number of rotatable bonds is 2. The van der Waals surface area contributed by atoms with Crippen LogP contribution in [0.2, 0.25) is 0 Å². The normalized spacial score (nSPS) is 29.7. The molecule has 0 radical (unpaired) electrons. The maximum Gasteiger partial charge on any atom is 0.233 e. The first-order chi connectivity index (χ1) is 7.15. The van der Waals surface area contributed by atoms with Gasteiger partial charge in [0.05, 0.1) is 25.2 Å². The van der Waals surface area contributed by atoms with Gasteiger partial charge in [-0.2, -0.15) is 0 Å². The van der Waals surface area contributed by atoms with Crippen molar-refractivity contribution >= 4 is 5.91 Å². The predicted octanol–water partition coefficient (Wildman–Crippen LogP) is 0.220. The summed E-state index contributed by atoms with van der Waals surface area (Å²) in [6, 6.07) is 0. The first kappa shape index (κ1) is 10.8. The van der Waals surface area contributed by atoms with E-state index in [-0.39, 0.29) is 5.91 Å². The third kappa shape index (κ3) is 1.99. The monoisotopic (exact) mass is 217 g/mol. The van der Waals surface area contributed by atoms with Crippen LogP contribution in [0.15, 0.2) is 0 Å². The molecular weight excluding hydrogens is 201 g/mol. The minimum atomic E-state index is -0.531. The Hall–Kier alpha value is -0.680. The lowest BCUT2D eigenvalue weighted by Crippen LogP contribution is -2.57. The fourth-order valence-corrected chi connectivity index (χ4v) is 1.91. The Bertz CT molecular complexity index is 255. The number of halogens is 1. The molecule has 1 unspecified atom stereocenters. The largest absolute Gasteiger partial charge is 0.379 e. The minimum Gasteiger partial charge on any atom is -0.379 e. The molecule has 0 bridgehead atoms. The van der Waals surface area contributed by atoms with Crippen LogP contribution in [0.4, 0.5) is 4.39 Å². The van der Waals surface area contributed by atoms with Gasteiger partial charge < -0.3 is 14.4 Å². The number of hydrogen-bond acceptors (Lipinski definition) is 3. The Morgan fingerprint density at radius 1 is 1.60 bits per heavy atom. The Morgan fingerprint density at radius 3 is 2.87 bits per heavy atom. The second-order valence-corrected chi connectivity index (χ2v) is 4.45. The lowest BCUT2D eigenvalue weighted by atomic mass is 9.86. The van der Waals surface area contributed by atoms with Crippen LogP contribution in [0.1, 0.15) is 6.92 Å². The lowest BCUT2D eigenvalue weighted by Gasteiger charge is -2.42. The van der Waals surface area contributed by atoms with Crippen molar-refractivity contribution in [3.8, 4) is 0 Å². The zero-order valence-corrected chi connectivity index (χ0v) is 8.87. The van der Waals surface area contributed by atoms with E-state index in [1.807, 2.05) is 6.92 Å². The second kappa shape index (κ2) is 4.06. The summed E-state index contributed by atoms with van der Waals surface area (Å²) in [4.78, 5) is 13.7. The van der Waals surface area contributed by atoms with Crippen LogP contribution in [0.5, 0.6) is 0 Å². The molecule has 0 N–H and O–H groups in total. The van der Waals surface area contributed by atoms with Gasteiger partial charge in [0.25, 0.3) is 0 Å². The quantitative estimate of drug-likeness (QED) is 0.664. The first-order valence-electron chi connectivity index (χ1n) is 5.20. The highest BCUT2D eigenvalue weighted by Crippen LogP contribution is 2.29. The van der Waals surface area contributed by atoms with Crippen LogP contribution < -0.4 is 0 Å². The Labute approximate surface area is 88.3 Å². The average Bonchev–Trinajstić information content (AvgIpc) is 2.25. The average molecular weight is 217 g/mol. The molecule has 0 aliphatic carbocycles. The number of hydrogen-bond donors (Lipinski definition) is 0. The number of ether oxygens (including phenoxy) is 2. The molecule has 2 saturated heterocycles. The molecule has 2 fully saturated rings. The molecule has 1 amide bonds. The summed E-state index contributed by atoms with van der Waals surface area (Å²) in [5.41, 5.74) is -0.391. The molecule has 1 atom stereocenters. The summed E-state index contributed by atoms with van der Waals surface area (Å²) in [5, 5.41) is 0. The summed E-state index contributed by atoms with van der Waals surface area (Å²) in [6.45, 7) is 3.66. The highest BCUT2D eigenvalue weighted by atomic mass is 19.1. The van der Waals surface area contributed by atoms with E-state index in [4.69, 9.17) is 9.47 Å². The number of morpholine rings is 1. The summed E-state index contributed by atoms with van der Waals surface area (Å²) in [5.74, 6) is 0.0653. The Kier molecular flexibility index (Phi) is 2.93. The smallest absolute Gasteiger partial charge is 0.233 e. The van der Waals surface area contributed by atoms with Gasteiger partial charge in [-0.15, -0.1) is 0 Å². The SMILES string of the molecule is CC1(C(=O)N2CCOC(CF)C2)COC1. The van der Waals surface area contributed by atoms with Crippen LogP contribution in [-0.2, 0) is 14.3 Å². The highest BCUT2D eigenvalue weighted by molar-refractivity contribution is 5.83. The van der Waals surface area contributed by atoms with E-state index in [1.165, 1.54) is 0 Å². The molecular formula is C10H16FNO3. The molecule has 0 aromatic rings. The van der Waals surface area contributed by atoms with Crippen LogP contribution in [0.25, 0.3) is 0 Å². The third-order valence-corrected chi connectivity index (χ3v) is 2.96. The van der Waals surface area contributed by atoms with Crippen LogP contribution in [0.3, 0.4) is 0 Å². The van der Waals surface area contributed by atoms with E-state index in [9.17, 15) is 9.18 Å². The van der Waals surface area contributed by atoms with Gasteiger partial charge >= 0.3 is 0 Å². The molecule has 2 rings (SSSR count). The summed E-state index contributed by atoms with van der Waals surface area (Å²) >= 11 is 0. The topological polar surface area (TPSA) is 38.8 Å². The van der Waals surface area contributed by atoms with Crippen molar-refractivity contribution in [2.45, 2.75) is 13.0 Å². The minimum absolute atomic E-state index is 0.0653. The molecule has 0 spiro atoms. The van der Waals surface area contributed by atoms with Crippen molar-refractivity contribution in [2.75, 3.05) is 39.6 Å². The van der Waals surface area contributed by atoms with Gasteiger partial charge in [-0.05, 0) is 6.92 Å². The number of carbonyl (C=O) groups is 1. The van der Waals surface area contributed by atoms with Crippen molar-refractivity contribution in [2.24, 2.45) is 5.41 Å². The summed E-state index contributed by atoms with van der Waals surface area (Å²) in [7, 11) is 0. The molecule has 2 aliphatic rings. The fraction of sp³-hybridized carbons (Fsp3) is 0.900. The molecule has 5 heteroatoms. The van der Waals surface area contributed by atoms with Gasteiger partial charge in [-0.1, -0.05) is 0 Å². The van der Waals surface area contributed by atoms with Gasteiger partial charge in [-0.25, -0.2) is 4.39 Å².